The van der Waals surface area contributed by atoms with Gasteiger partial charge in [-0.2, -0.15) is 0 Å². The molecule has 1 fully saturated rings. The van der Waals surface area contributed by atoms with Crippen LogP contribution in [-0.2, 0) is 11.2 Å². The van der Waals surface area contributed by atoms with Crippen LogP contribution in [0.25, 0.3) is 0 Å². The summed E-state index contributed by atoms with van der Waals surface area (Å²) in [6.45, 7) is 2.24. The molecule has 0 bridgehead atoms. The van der Waals surface area contributed by atoms with Crippen LogP contribution in [0.4, 0.5) is 0 Å². The van der Waals surface area contributed by atoms with Gasteiger partial charge in [0, 0.05) is 0 Å². The van der Waals surface area contributed by atoms with Crippen LogP contribution >= 0.6 is 0 Å². The predicted octanol–water partition coefficient (Wildman–Crippen LogP) is 6.88. The van der Waals surface area contributed by atoms with Crippen molar-refractivity contribution in [3.8, 4) is 5.75 Å². The van der Waals surface area contributed by atoms with E-state index in [-0.39, 0.29) is 0 Å². The molecule has 1 N–H and O–H groups in total. The van der Waals surface area contributed by atoms with Crippen LogP contribution in [-0.4, -0.2) is 17.2 Å². The van der Waals surface area contributed by atoms with Gasteiger partial charge in [0.1, 0.15) is 5.75 Å². The molecule has 0 heterocycles. The number of carboxylic acids is 1. The molecule has 0 aliphatic heterocycles. The van der Waals surface area contributed by atoms with E-state index in [4.69, 9.17) is 4.74 Å². The van der Waals surface area contributed by atoms with Gasteiger partial charge < -0.3 is 9.84 Å². The smallest absolute Gasteiger partial charge is 0.344 e. The first-order valence-corrected chi connectivity index (χ1v) is 11.7. The Kier molecular flexibility index (Phi) is 8.24. The fourth-order valence-electron chi connectivity index (χ4n) is 5.20. The average Bonchev–Trinajstić information content (AvgIpc) is 3.06. The topological polar surface area (TPSA) is 46.5 Å². The van der Waals surface area contributed by atoms with Gasteiger partial charge in [-0.1, -0.05) is 70.8 Å². The zero-order chi connectivity index (χ0) is 19.8. The number of fused-ring (bicyclic) bond motifs is 3. The quantitative estimate of drug-likeness (QED) is 0.398. The minimum atomic E-state index is -0.836. The second-order valence-electron chi connectivity index (χ2n) is 8.92. The first-order chi connectivity index (χ1) is 13.7. The zero-order valence-corrected chi connectivity index (χ0v) is 17.6. The van der Waals surface area contributed by atoms with Gasteiger partial charge in [0.05, 0.1) is 0 Å². The zero-order valence-electron chi connectivity index (χ0n) is 17.6. The fraction of sp³-hybridized carbons (Fsp3) is 0.720. The van der Waals surface area contributed by atoms with Gasteiger partial charge in [-0.25, -0.2) is 4.79 Å². The Labute approximate surface area is 170 Å². The van der Waals surface area contributed by atoms with E-state index < -0.39 is 12.1 Å². The first-order valence-electron chi connectivity index (χ1n) is 11.7. The van der Waals surface area contributed by atoms with Gasteiger partial charge in [-0.15, -0.1) is 0 Å². The summed E-state index contributed by atoms with van der Waals surface area (Å²) < 4.78 is 5.91. The van der Waals surface area contributed by atoms with Crippen LogP contribution in [0.5, 0.6) is 5.75 Å². The third kappa shape index (κ3) is 5.75. The second-order valence-corrected chi connectivity index (χ2v) is 8.92. The number of ether oxygens (including phenoxy) is 1. The van der Waals surface area contributed by atoms with Gasteiger partial charge in [-0.3, -0.25) is 0 Å². The lowest BCUT2D eigenvalue weighted by Gasteiger charge is -2.25. The lowest BCUT2D eigenvalue weighted by molar-refractivity contribution is -0.145. The average molecular weight is 387 g/mol. The van der Waals surface area contributed by atoms with Crippen molar-refractivity contribution in [1.82, 2.24) is 0 Å². The summed E-state index contributed by atoms with van der Waals surface area (Å²) in [4.78, 5) is 11.7. The SMILES string of the molecule is CCCCCCCCCCC(Oc1ccc2c(c1)CC1CCCCC21)C(=O)O. The maximum Gasteiger partial charge on any atom is 0.344 e. The molecule has 3 nitrogen and oxygen atoms in total. The molecule has 1 aromatic carbocycles. The fourth-order valence-corrected chi connectivity index (χ4v) is 5.20. The molecule has 1 saturated carbocycles. The van der Waals surface area contributed by atoms with Crippen molar-refractivity contribution in [3.63, 3.8) is 0 Å². The molecule has 2 aliphatic carbocycles. The third-order valence-corrected chi connectivity index (χ3v) is 6.78. The van der Waals surface area contributed by atoms with Crippen molar-refractivity contribution in [2.75, 3.05) is 0 Å². The van der Waals surface area contributed by atoms with E-state index in [0.717, 1.165) is 36.8 Å². The van der Waals surface area contributed by atoms with Crippen LogP contribution in [0.15, 0.2) is 18.2 Å². The number of hydrogen-bond acceptors (Lipinski definition) is 2. The number of carboxylic acid groups (broad SMARTS) is 1. The summed E-state index contributed by atoms with van der Waals surface area (Å²) >= 11 is 0. The van der Waals surface area contributed by atoms with Crippen molar-refractivity contribution in [1.29, 1.82) is 0 Å². The minimum absolute atomic E-state index is 0.604. The largest absolute Gasteiger partial charge is 0.479 e. The van der Waals surface area contributed by atoms with Crippen molar-refractivity contribution in [2.45, 2.75) is 109 Å². The molecule has 3 unspecified atom stereocenters. The van der Waals surface area contributed by atoms with Gasteiger partial charge in [0.25, 0.3) is 0 Å². The normalized spacial score (nSPS) is 21.8. The molecule has 0 amide bonds. The number of carbonyl (C=O) groups is 1. The van der Waals surface area contributed by atoms with Crippen LogP contribution in [0.2, 0.25) is 0 Å². The van der Waals surface area contributed by atoms with E-state index in [9.17, 15) is 9.90 Å². The monoisotopic (exact) mass is 386 g/mol. The lowest BCUT2D eigenvalue weighted by Crippen LogP contribution is -2.27. The van der Waals surface area contributed by atoms with E-state index in [1.54, 1.807) is 0 Å². The molecular weight excluding hydrogens is 348 g/mol. The Balaban J connectivity index is 1.45. The highest BCUT2D eigenvalue weighted by Gasteiger charge is 2.34. The van der Waals surface area contributed by atoms with Gasteiger partial charge in [-0.05, 0) is 67.2 Å². The first kappa shape index (κ1) is 21.2. The summed E-state index contributed by atoms with van der Waals surface area (Å²) in [5, 5.41) is 9.57. The minimum Gasteiger partial charge on any atom is -0.479 e. The van der Waals surface area contributed by atoms with Gasteiger partial charge in [0.15, 0.2) is 6.10 Å². The lowest BCUT2D eigenvalue weighted by atomic mass is 9.80. The number of hydrogen-bond donors (Lipinski definition) is 1. The van der Waals surface area contributed by atoms with Gasteiger partial charge in [0.2, 0.25) is 0 Å². The summed E-state index contributed by atoms with van der Waals surface area (Å²) in [7, 11) is 0. The van der Waals surface area contributed by atoms with Crippen molar-refractivity contribution >= 4 is 5.97 Å². The molecule has 2 aliphatic rings. The molecule has 156 valence electrons. The summed E-state index contributed by atoms with van der Waals surface area (Å²) in [5.74, 6) is 1.43. The molecule has 0 saturated heterocycles. The van der Waals surface area contributed by atoms with E-state index in [2.05, 4.69) is 19.1 Å². The van der Waals surface area contributed by atoms with E-state index in [1.165, 1.54) is 75.3 Å². The van der Waals surface area contributed by atoms with Gasteiger partial charge >= 0.3 is 5.97 Å². The highest BCUT2D eigenvalue weighted by molar-refractivity contribution is 5.72. The number of aliphatic carboxylic acids is 1. The second kappa shape index (κ2) is 10.9. The Bertz CT molecular complexity index is 624. The molecular formula is C25H38O3. The van der Waals surface area contributed by atoms with Crippen LogP contribution in [0.1, 0.15) is 107 Å². The molecule has 0 spiro atoms. The Morgan fingerprint density at radius 3 is 2.54 bits per heavy atom. The summed E-state index contributed by atoms with van der Waals surface area (Å²) in [6.07, 6.45) is 16.1. The maximum absolute atomic E-state index is 11.7. The maximum atomic E-state index is 11.7. The Hall–Kier alpha value is -1.51. The third-order valence-electron chi connectivity index (χ3n) is 6.78. The highest BCUT2D eigenvalue weighted by Crippen LogP contribution is 2.47. The van der Waals surface area contributed by atoms with Crippen LogP contribution < -0.4 is 4.74 Å². The molecule has 3 rings (SSSR count). The summed E-state index contributed by atoms with van der Waals surface area (Å²) in [6, 6.07) is 6.33. The molecule has 3 atom stereocenters. The number of unbranched alkanes of at least 4 members (excludes halogenated alkanes) is 7. The molecule has 0 radical (unpaired) electrons. The number of rotatable bonds is 12. The standard InChI is InChI=1S/C25H38O3/c1-2-3-4-5-6-7-8-9-14-24(25(26)27)28-21-15-16-23-20(18-21)17-19-12-10-11-13-22(19)23/h15-16,18-19,22,24H,2-14,17H2,1H3,(H,26,27). The van der Waals surface area contributed by atoms with Crippen LogP contribution in [0, 0.1) is 5.92 Å². The molecule has 1 aromatic rings. The van der Waals surface area contributed by atoms with E-state index in [0.29, 0.717) is 6.42 Å². The van der Waals surface area contributed by atoms with Crippen molar-refractivity contribution < 1.29 is 14.6 Å². The molecule has 3 heteroatoms. The summed E-state index contributed by atoms with van der Waals surface area (Å²) in [5.41, 5.74) is 2.89. The Morgan fingerprint density at radius 2 is 1.79 bits per heavy atom. The highest BCUT2D eigenvalue weighted by atomic mass is 16.5. The van der Waals surface area contributed by atoms with Crippen molar-refractivity contribution in [2.24, 2.45) is 5.92 Å². The number of benzene rings is 1. The van der Waals surface area contributed by atoms with Crippen molar-refractivity contribution in [3.05, 3.63) is 29.3 Å². The van der Waals surface area contributed by atoms with E-state index in [1.807, 2.05) is 6.07 Å². The molecule has 28 heavy (non-hydrogen) atoms. The molecule has 0 aromatic heterocycles. The van der Waals surface area contributed by atoms with Crippen LogP contribution in [0.3, 0.4) is 0 Å². The van der Waals surface area contributed by atoms with E-state index >= 15 is 0 Å². The Morgan fingerprint density at radius 1 is 1.07 bits per heavy atom. The predicted molar refractivity (Wildman–Crippen MR) is 114 cm³/mol.